The Bertz CT molecular complexity index is 235. The summed E-state index contributed by atoms with van der Waals surface area (Å²) in [7, 11) is 0. The predicted molar refractivity (Wildman–Crippen MR) is 78.5 cm³/mol. The monoisotopic (exact) mass is 251 g/mol. The molecule has 1 rings (SSSR count). The molecule has 0 saturated carbocycles. The molecule has 0 unspecified atom stereocenters. The Kier molecular flexibility index (Phi) is 9.64. The fraction of sp³-hybridized carbons (Fsp3) is 0.750. The van der Waals surface area contributed by atoms with E-state index in [1.807, 2.05) is 0 Å². The SMILES string of the molecule is OCCCCCCCCCCCN1C=CC=CC1. The van der Waals surface area contributed by atoms with Crippen LogP contribution in [0, 0.1) is 0 Å². The molecule has 0 bridgehead atoms. The maximum atomic E-state index is 8.66. The lowest BCUT2D eigenvalue weighted by molar-refractivity contribution is 0.282. The topological polar surface area (TPSA) is 23.5 Å². The molecule has 0 aromatic rings. The molecule has 1 N–H and O–H groups in total. The molecular weight excluding hydrogens is 222 g/mol. The second kappa shape index (κ2) is 11.3. The smallest absolute Gasteiger partial charge is 0.0431 e. The van der Waals surface area contributed by atoms with E-state index in [-0.39, 0.29) is 0 Å². The van der Waals surface area contributed by atoms with Crippen molar-refractivity contribution in [3.63, 3.8) is 0 Å². The normalized spacial score (nSPS) is 14.4. The molecule has 1 heterocycles. The number of nitrogens with zero attached hydrogens (tertiary/aromatic N) is 1. The van der Waals surface area contributed by atoms with Gasteiger partial charge in [0.15, 0.2) is 0 Å². The summed E-state index contributed by atoms with van der Waals surface area (Å²) in [5, 5.41) is 8.66. The number of rotatable bonds is 11. The van der Waals surface area contributed by atoms with E-state index in [1.165, 1.54) is 57.9 Å². The maximum absolute atomic E-state index is 8.66. The van der Waals surface area contributed by atoms with Gasteiger partial charge in [-0.2, -0.15) is 0 Å². The van der Waals surface area contributed by atoms with E-state index in [2.05, 4.69) is 29.3 Å². The number of aliphatic hydroxyl groups is 1. The van der Waals surface area contributed by atoms with E-state index in [1.54, 1.807) is 0 Å². The van der Waals surface area contributed by atoms with Crippen LogP contribution in [0.1, 0.15) is 57.8 Å². The highest BCUT2D eigenvalue weighted by atomic mass is 16.2. The van der Waals surface area contributed by atoms with Crippen LogP contribution < -0.4 is 0 Å². The zero-order chi connectivity index (χ0) is 12.9. The summed E-state index contributed by atoms with van der Waals surface area (Å²) in [6.07, 6.45) is 20.3. The highest BCUT2D eigenvalue weighted by Gasteiger charge is 1.99. The molecule has 0 spiro atoms. The molecule has 2 heteroatoms. The van der Waals surface area contributed by atoms with Crippen LogP contribution in [0.3, 0.4) is 0 Å². The van der Waals surface area contributed by atoms with Gasteiger partial charge in [-0.3, -0.25) is 0 Å². The van der Waals surface area contributed by atoms with Crippen LogP contribution in [-0.2, 0) is 0 Å². The zero-order valence-corrected chi connectivity index (χ0v) is 11.7. The Labute approximate surface area is 112 Å². The lowest BCUT2D eigenvalue weighted by Crippen LogP contribution is -2.19. The molecule has 0 aliphatic carbocycles. The molecule has 0 atom stereocenters. The van der Waals surface area contributed by atoms with Gasteiger partial charge in [0.05, 0.1) is 0 Å². The standard InChI is InChI=1S/C16H29NO/c18-16-12-7-5-3-1-2-4-6-9-13-17-14-10-8-11-15-17/h8,10-11,14,18H,1-7,9,12-13,15-16H2. The van der Waals surface area contributed by atoms with Gasteiger partial charge in [-0.25, -0.2) is 0 Å². The Balaban J connectivity index is 1.76. The first-order chi connectivity index (χ1) is 8.93. The second-order valence-corrected chi connectivity index (χ2v) is 5.17. The lowest BCUT2D eigenvalue weighted by atomic mass is 10.1. The van der Waals surface area contributed by atoms with E-state index in [0.29, 0.717) is 6.61 Å². The van der Waals surface area contributed by atoms with Crippen molar-refractivity contribution >= 4 is 0 Å². The fourth-order valence-electron chi connectivity index (χ4n) is 2.34. The minimum absolute atomic E-state index is 0.361. The summed E-state index contributed by atoms with van der Waals surface area (Å²) in [6, 6.07) is 0. The summed E-state index contributed by atoms with van der Waals surface area (Å²) in [5.74, 6) is 0. The molecule has 0 radical (unpaired) electrons. The Morgan fingerprint density at radius 2 is 1.39 bits per heavy atom. The number of hydrogen-bond acceptors (Lipinski definition) is 2. The van der Waals surface area contributed by atoms with E-state index in [9.17, 15) is 0 Å². The Morgan fingerprint density at radius 1 is 0.778 bits per heavy atom. The third-order valence-electron chi connectivity index (χ3n) is 3.49. The molecule has 104 valence electrons. The third-order valence-corrected chi connectivity index (χ3v) is 3.49. The summed E-state index contributed by atoms with van der Waals surface area (Å²) in [4.78, 5) is 2.38. The van der Waals surface area contributed by atoms with E-state index in [4.69, 9.17) is 5.11 Å². The molecule has 2 nitrogen and oxygen atoms in total. The average Bonchev–Trinajstić information content (AvgIpc) is 2.42. The molecular formula is C16H29NO. The summed E-state index contributed by atoms with van der Waals surface area (Å²) >= 11 is 0. The van der Waals surface area contributed by atoms with Crippen LogP contribution in [0.4, 0.5) is 0 Å². The maximum Gasteiger partial charge on any atom is 0.0431 e. The average molecular weight is 251 g/mol. The van der Waals surface area contributed by atoms with Gasteiger partial charge in [0.1, 0.15) is 0 Å². The zero-order valence-electron chi connectivity index (χ0n) is 11.7. The molecule has 0 amide bonds. The molecule has 0 aromatic heterocycles. The molecule has 1 aliphatic rings. The van der Waals surface area contributed by atoms with Gasteiger partial charge in [-0.05, 0) is 25.1 Å². The van der Waals surface area contributed by atoms with Crippen molar-refractivity contribution in [3.05, 3.63) is 24.4 Å². The van der Waals surface area contributed by atoms with Gasteiger partial charge in [-0.15, -0.1) is 0 Å². The number of aliphatic hydroxyl groups excluding tert-OH is 1. The number of allylic oxidation sites excluding steroid dienone is 2. The Hall–Kier alpha value is -0.760. The van der Waals surface area contributed by atoms with Crippen molar-refractivity contribution in [2.75, 3.05) is 19.7 Å². The highest BCUT2D eigenvalue weighted by Crippen LogP contribution is 2.10. The molecule has 0 fully saturated rings. The molecule has 0 saturated heterocycles. The quantitative estimate of drug-likeness (QED) is 0.563. The number of unbranched alkanes of at least 4 members (excludes halogenated alkanes) is 8. The van der Waals surface area contributed by atoms with Crippen molar-refractivity contribution in [3.8, 4) is 0 Å². The van der Waals surface area contributed by atoms with Crippen LogP contribution in [0.2, 0.25) is 0 Å². The highest BCUT2D eigenvalue weighted by molar-refractivity contribution is 5.08. The van der Waals surface area contributed by atoms with Crippen molar-refractivity contribution in [1.29, 1.82) is 0 Å². The van der Waals surface area contributed by atoms with Gasteiger partial charge in [0, 0.05) is 19.7 Å². The van der Waals surface area contributed by atoms with E-state index < -0.39 is 0 Å². The van der Waals surface area contributed by atoms with Gasteiger partial charge < -0.3 is 10.0 Å². The summed E-state index contributed by atoms with van der Waals surface area (Å²) in [5.41, 5.74) is 0. The van der Waals surface area contributed by atoms with Gasteiger partial charge in [-0.1, -0.05) is 57.1 Å². The van der Waals surface area contributed by atoms with E-state index in [0.717, 1.165) is 13.0 Å². The van der Waals surface area contributed by atoms with Crippen molar-refractivity contribution in [2.24, 2.45) is 0 Å². The van der Waals surface area contributed by atoms with Gasteiger partial charge in [0.25, 0.3) is 0 Å². The predicted octanol–water partition coefficient (Wildman–Crippen LogP) is 3.88. The Morgan fingerprint density at radius 3 is 1.94 bits per heavy atom. The second-order valence-electron chi connectivity index (χ2n) is 5.17. The first kappa shape index (κ1) is 15.3. The van der Waals surface area contributed by atoms with Crippen LogP contribution in [-0.4, -0.2) is 29.7 Å². The fourth-order valence-corrected chi connectivity index (χ4v) is 2.34. The first-order valence-electron chi connectivity index (χ1n) is 7.62. The summed E-state index contributed by atoms with van der Waals surface area (Å²) < 4.78 is 0. The molecule has 0 aromatic carbocycles. The largest absolute Gasteiger partial charge is 0.396 e. The summed E-state index contributed by atoms with van der Waals surface area (Å²) in [6.45, 7) is 2.65. The van der Waals surface area contributed by atoms with Crippen LogP contribution >= 0.6 is 0 Å². The van der Waals surface area contributed by atoms with Crippen LogP contribution in [0.25, 0.3) is 0 Å². The van der Waals surface area contributed by atoms with Crippen molar-refractivity contribution in [2.45, 2.75) is 57.8 Å². The molecule has 1 aliphatic heterocycles. The molecule has 18 heavy (non-hydrogen) atoms. The van der Waals surface area contributed by atoms with Gasteiger partial charge in [0.2, 0.25) is 0 Å². The lowest BCUT2D eigenvalue weighted by Gasteiger charge is -2.20. The van der Waals surface area contributed by atoms with Crippen LogP contribution in [0.15, 0.2) is 24.4 Å². The van der Waals surface area contributed by atoms with Gasteiger partial charge >= 0.3 is 0 Å². The number of hydrogen-bond donors (Lipinski definition) is 1. The van der Waals surface area contributed by atoms with Crippen molar-refractivity contribution in [1.82, 2.24) is 4.90 Å². The van der Waals surface area contributed by atoms with Crippen molar-refractivity contribution < 1.29 is 5.11 Å². The minimum atomic E-state index is 0.361. The van der Waals surface area contributed by atoms with E-state index >= 15 is 0 Å². The first-order valence-corrected chi connectivity index (χ1v) is 7.62. The third kappa shape index (κ3) is 8.35. The van der Waals surface area contributed by atoms with Crippen LogP contribution in [0.5, 0.6) is 0 Å². The minimum Gasteiger partial charge on any atom is -0.396 e.